The van der Waals surface area contributed by atoms with Crippen LogP contribution in [0.4, 0.5) is 4.79 Å². The molecular weight excluding hydrogens is 308 g/mol. The van der Waals surface area contributed by atoms with Gasteiger partial charge in [-0.25, -0.2) is 4.79 Å². The van der Waals surface area contributed by atoms with E-state index in [1.807, 2.05) is 37.3 Å². The number of hydrogen-bond acceptors (Lipinski definition) is 3. The van der Waals surface area contributed by atoms with Crippen molar-refractivity contribution in [2.45, 2.75) is 57.2 Å². The Morgan fingerprint density at radius 2 is 2.00 bits per heavy atom. The summed E-state index contributed by atoms with van der Waals surface area (Å²) in [7, 11) is 0. The summed E-state index contributed by atoms with van der Waals surface area (Å²) in [5, 5.41) is 14.7. The molecule has 0 aromatic heterocycles. The molecule has 6 heteroatoms. The van der Waals surface area contributed by atoms with Crippen LogP contribution in [0.5, 0.6) is 0 Å². The Hall–Kier alpha value is -2.08. The van der Waals surface area contributed by atoms with E-state index < -0.39 is 5.97 Å². The van der Waals surface area contributed by atoms with Gasteiger partial charge in [0.1, 0.15) is 0 Å². The first-order valence-electron chi connectivity index (χ1n) is 8.51. The predicted molar refractivity (Wildman–Crippen MR) is 90.9 cm³/mol. The molecule has 1 unspecified atom stereocenters. The number of carboxylic acid groups (broad SMARTS) is 1. The monoisotopic (exact) mass is 334 g/mol. The van der Waals surface area contributed by atoms with Gasteiger partial charge in [0.15, 0.2) is 0 Å². The molecule has 0 aliphatic heterocycles. The standard InChI is InChI=1S/C18H26N2O4/c1-2-24-16-11-15(12-16)20-18(23)19-14(8-9-17(21)22)10-13-6-4-3-5-7-13/h3-7,14-16H,2,8-12H2,1H3,(H,21,22)(H2,19,20,23). The number of amides is 2. The lowest BCUT2D eigenvalue weighted by Crippen LogP contribution is -2.53. The van der Waals surface area contributed by atoms with E-state index in [1.165, 1.54) is 0 Å². The van der Waals surface area contributed by atoms with Crippen molar-refractivity contribution >= 4 is 12.0 Å². The minimum atomic E-state index is -0.853. The summed E-state index contributed by atoms with van der Waals surface area (Å²) in [5.41, 5.74) is 1.08. The van der Waals surface area contributed by atoms with Gasteiger partial charge in [0.2, 0.25) is 0 Å². The summed E-state index contributed by atoms with van der Waals surface area (Å²) in [6, 6.07) is 9.46. The van der Waals surface area contributed by atoms with Crippen LogP contribution < -0.4 is 10.6 Å². The number of nitrogens with one attached hydrogen (secondary N) is 2. The number of urea groups is 1. The van der Waals surface area contributed by atoms with E-state index in [0.29, 0.717) is 19.4 Å². The van der Waals surface area contributed by atoms with Crippen LogP contribution in [0, 0.1) is 0 Å². The van der Waals surface area contributed by atoms with E-state index in [4.69, 9.17) is 9.84 Å². The summed E-state index contributed by atoms with van der Waals surface area (Å²) >= 11 is 0. The van der Waals surface area contributed by atoms with Crippen LogP contribution in [0.3, 0.4) is 0 Å². The van der Waals surface area contributed by atoms with Crippen molar-refractivity contribution in [2.75, 3.05) is 6.61 Å². The van der Waals surface area contributed by atoms with Gasteiger partial charge in [0.05, 0.1) is 6.10 Å². The summed E-state index contributed by atoms with van der Waals surface area (Å²) in [4.78, 5) is 23.0. The van der Waals surface area contributed by atoms with Crippen molar-refractivity contribution in [1.82, 2.24) is 10.6 Å². The Morgan fingerprint density at radius 3 is 2.62 bits per heavy atom. The van der Waals surface area contributed by atoms with Crippen LogP contribution >= 0.6 is 0 Å². The lowest BCUT2D eigenvalue weighted by molar-refractivity contribution is -0.137. The van der Waals surface area contributed by atoms with Gasteiger partial charge in [0, 0.05) is 25.1 Å². The quantitative estimate of drug-likeness (QED) is 0.647. The number of aliphatic carboxylic acids is 1. The number of carbonyl (C=O) groups is 2. The number of rotatable bonds is 9. The number of hydrogen-bond donors (Lipinski definition) is 3. The molecule has 1 aromatic rings. The molecule has 1 atom stereocenters. The lowest BCUT2D eigenvalue weighted by Gasteiger charge is -2.35. The largest absolute Gasteiger partial charge is 0.481 e. The van der Waals surface area contributed by atoms with Crippen LogP contribution in [-0.2, 0) is 16.0 Å². The maximum atomic E-state index is 12.1. The number of ether oxygens (including phenoxy) is 1. The first-order valence-corrected chi connectivity index (χ1v) is 8.51. The van der Waals surface area contributed by atoms with Crippen LogP contribution in [0.1, 0.15) is 38.2 Å². The number of carboxylic acids is 1. The van der Waals surface area contributed by atoms with E-state index in [0.717, 1.165) is 18.4 Å². The highest BCUT2D eigenvalue weighted by molar-refractivity contribution is 5.75. The van der Waals surface area contributed by atoms with Crippen LogP contribution in [0.15, 0.2) is 30.3 Å². The molecule has 0 bridgehead atoms. The second kappa shape index (κ2) is 9.27. The maximum Gasteiger partial charge on any atom is 0.315 e. The molecule has 132 valence electrons. The Labute approximate surface area is 142 Å². The van der Waals surface area contributed by atoms with Crippen molar-refractivity contribution in [1.29, 1.82) is 0 Å². The minimum absolute atomic E-state index is 0.0353. The molecular formula is C18H26N2O4. The SMILES string of the molecule is CCOC1CC(NC(=O)NC(CCC(=O)O)Cc2ccccc2)C1. The molecule has 1 saturated carbocycles. The number of benzene rings is 1. The number of carbonyl (C=O) groups excluding carboxylic acids is 1. The van der Waals surface area contributed by atoms with Crippen LogP contribution in [-0.4, -0.2) is 41.9 Å². The Balaban J connectivity index is 1.80. The van der Waals surface area contributed by atoms with E-state index >= 15 is 0 Å². The van der Waals surface area contributed by atoms with Crippen molar-refractivity contribution in [3.8, 4) is 0 Å². The zero-order chi connectivity index (χ0) is 17.4. The fourth-order valence-electron chi connectivity index (χ4n) is 2.89. The minimum Gasteiger partial charge on any atom is -0.481 e. The summed E-state index contributed by atoms with van der Waals surface area (Å²) < 4.78 is 5.48. The fraction of sp³-hybridized carbons (Fsp3) is 0.556. The van der Waals surface area contributed by atoms with E-state index in [-0.39, 0.29) is 30.6 Å². The molecule has 2 rings (SSSR count). The van der Waals surface area contributed by atoms with Gasteiger partial charge >= 0.3 is 12.0 Å². The topological polar surface area (TPSA) is 87.7 Å². The van der Waals surface area contributed by atoms with Crippen molar-refractivity contribution in [3.05, 3.63) is 35.9 Å². The van der Waals surface area contributed by atoms with Crippen LogP contribution in [0.25, 0.3) is 0 Å². The third-order valence-corrected chi connectivity index (χ3v) is 4.20. The Morgan fingerprint density at radius 1 is 1.29 bits per heavy atom. The third kappa shape index (κ3) is 6.20. The molecule has 0 heterocycles. The Kier molecular flexibility index (Phi) is 7.06. The highest BCUT2D eigenvalue weighted by Crippen LogP contribution is 2.23. The zero-order valence-corrected chi connectivity index (χ0v) is 14.0. The Bertz CT molecular complexity index is 529. The van der Waals surface area contributed by atoms with Gasteiger partial charge in [-0.1, -0.05) is 30.3 Å². The molecule has 1 aliphatic carbocycles. The van der Waals surface area contributed by atoms with Gasteiger partial charge in [-0.15, -0.1) is 0 Å². The predicted octanol–water partition coefficient (Wildman–Crippen LogP) is 2.33. The molecule has 6 nitrogen and oxygen atoms in total. The lowest BCUT2D eigenvalue weighted by atomic mass is 9.89. The molecule has 0 saturated heterocycles. The fourth-order valence-corrected chi connectivity index (χ4v) is 2.89. The summed E-state index contributed by atoms with van der Waals surface area (Å²) in [6.07, 6.45) is 2.97. The van der Waals surface area contributed by atoms with Crippen LogP contribution in [0.2, 0.25) is 0 Å². The molecule has 3 N–H and O–H groups in total. The molecule has 0 radical (unpaired) electrons. The molecule has 1 fully saturated rings. The third-order valence-electron chi connectivity index (χ3n) is 4.20. The first kappa shape index (κ1) is 18.3. The van der Waals surface area contributed by atoms with Gasteiger partial charge < -0.3 is 20.5 Å². The highest BCUT2D eigenvalue weighted by Gasteiger charge is 2.31. The van der Waals surface area contributed by atoms with Gasteiger partial charge in [-0.05, 0) is 38.2 Å². The second-order valence-corrected chi connectivity index (χ2v) is 6.18. The van der Waals surface area contributed by atoms with Crippen molar-refractivity contribution in [3.63, 3.8) is 0 Å². The second-order valence-electron chi connectivity index (χ2n) is 6.18. The molecule has 24 heavy (non-hydrogen) atoms. The van der Waals surface area contributed by atoms with E-state index in [2.05, 4.69) is 10.6 Å². The van der Waals surface area contributed by atoms with Gasteiger partial charge in [-0.2, -0.15) is 0 Å². The molecule has 2 amide bonds. The normalized spacial score (nSPS) is 20.7. The van der Waals surface area contributed by atoms with Gasteiger partial charge in [0.25, 0.3) is 0 Å². The van der Waals surface area contributed by atoms with E-state index in [1.54, 1.807) is 0 Å². The van der Waals surface area contributed by atoms with Gasteiger partial charge in [-0.3, -0.25) is 4.79 Å². The van der Waals surface area contributed by atoms with E-state index in [9.17, 15) is 9.59 Å². The smallest absolute Gasteiger partial charge is 0.315 e. The van der Waals surface area contributed by atoms with Crippen molar-refractivity contribution in [2.24, 2.45) is 0 Å². The average molecular weight is 334 g/mol. The average Bonchev–Trinajstić information content (AvgIpc) is 2.51. The van der Waals surface area contributed by atoms with Crippen molar-refractivity contribution < 1.29 is 19.4 Å². The maximum absolute atomic E-state index is 12.1. The summed E-state index contributed by atoms with van der Waals surface area (Å²) in [6.45, 7) is 2.65. The molecule has 1 aromatic carbocycles. The highest BCUT2D eigenvalue weighted by atomic mass is 16.5. The first-order chi connectivity index (χ1) is 11.6. The molecule has 0 spiro atoms. The summed E-state index contributed by atoms with van der Waals surface area (Å²) in [5.74, 6) is -0.853. The zero-order valence-electron chi connectivity index (χ0n) is 14.0. The molecule has 1 aliphatic rings.